The van der Waals surface area contributed by atoms with Crippen LogP contribution in [-0.4, -0.2) is 20.4 Å². The van der Waals surface area contributed by atoms with Crippen LogP contribution < -0.4 is 10.0 Å². The molecule has 0 atom stereocenters. The molecule has 0 bridgehead atoms. The van der Waals surface area contributed by atoms with Crippen molar-refractivity contribution in [3.8, 4) is 0 Å². The van der Waals surface area contributed by atoms with Crippen molar-refractivity contribution in [1.82, 2.24) is 10.0 Å². The molecule has 0 aromatic heterocycles. The minimum Gasteiger partial charge on any atom is -0.352 e. The zero-order valence-corrected chi connectivity index (χ0v) is 12.3. The smallest absolute Gasteiger partial charge is 0.217 e. The van der Waals surface area contributed by atoms with Gasteiger partial charge in [-0.1, -0.05) is 24.3 Å². The molecule has 1 rings (SSSR count). The highest BCUT2D eigenvalue weighted by atomic mass is 32.2. The molecule has 0 unspecified atom stereocenters. The summed E-state index contributed by atoms with van der Waals surface area (Å²) in [6.45, 7) is 5.32. The first-order chi connectivity index (χ1) is 8.80. The van der Waals surface area contributed by atoms with Crippen LogP contribution in [0.2, 0.25) is 0 Å². The Balaban J connectivity index is 2.86. The molecule has 0 aliphatic rings. The molecule has 1 aromatic carbocycles. The number of amides is 1. The van der Waals surface area contributed by atoms with E-state index in [0.29, 0.717) is 12.1 Å². The first kappa shape index (κ1) is 15.7. The van der Waals surface area contributed by atoms with Crippen molar-refractivity contribution in [2.24, 2.45) is 0 Å². The lowest BCUT2D eigenvalue weighted by atomic mass is 10.1. The minimum absolute atomic E-state index is 0.0824. The number of hydrogen-bond donors (Lipinski definition) is 2. The van der Waals surface area contributed by atoms with Crippen LogP contribution >= 0.6 is 0 Å². The fraction of sp³-hybridized carbons (Fsp3) is 0.462. The lowest BCUT2D eigenvalue weighted by Gasteiger charge is -2.12. The van der Waals surface area contributed by atoms with Crippen LogP contribution in [0.3, 0.4) is 0 Å². The number of carbonyl (C=O) groups excluding carboxylic acids is 1. The maximum absolute atomic E-state index is 11.9. The summed E-state index contributed by atoms with van der Waals surface area (Å²) in [5, 5.41) is 2.67. The average molecular weight is 284 g/mol. The van der Waals surface area contributed by atoms with Crippen LogP contribution in [0, 0.1) is 0 Å². The number of nitrogens with one attached hydrogen (secondary N) is 2. The third kappa shape index (κ3) is 5.85. The third-order valence-electron chi connectivity index (χ3n) is 2.41. The summed E-state index contributed by atoms with van der Waals surface area (Å²) in [6.07, 6.45) is 0. The molecular formula is C13H20N2O3S. The van der Waals surface area contributed by atoms with Gasteiger partial charge in [0.15, 0.2) is 0 Å². The van der Waals surface area contributed by atoms with Crippen molar-refractivity contribution < 1.29 is 13.2 Å². The number of carbonyl (C=O) groups is 1. The fourth-order valence-corrected chi connectivity index (χ4v) is 3.19. The van der Waals surface area contributed by atoms with Gasteiger partial charge in [-0.2, -0.15) is 0 Å². The quantitative estimate of drug-likeness (QED) is 0.823. The summed E-state index contributed by atoms with van der Waals surface area (Å²) < 4.78 is 26.3. The normalized spacial score (nSPS) is 11.6. The molecule has 0 aliphatic heterocycles. The molecule has 0 fully saturated rings. The van der Waals surface area contributed by atoms with Gasteiger partial charge in [0.2, 0.25) is 15.9 Å². The summed E-state index contributed by atoms with van der Waals surface area (Å²) in [5.41, 5.74) is 1.51. The van der Waals surface area contributed by atoms with E-state index in [2.05, 4.69) is 10.0 Å². The third-order valence-corrected chi connectivity index (χ3v) is 3.93. The standard InChI is InChI=1S/C13H20N2O3S/c1-10(2)15-19(17,18)9-13-7-5-4-6-12(13)8-14-11(3)16/h4-7,10,15H,8-9H2,1-3H3,(H,14,16). The van der Waals surface area contributed by atoms with Crippen LogP contribution in [0.15, 0.2) is 24.3 Å². The molecule has 0 heterocycles. The summed E-state index contributed by atoms with van der Waals surface area (Å²) >= 11 is 0. The van der Waals surface area contributed by atoms with E-state index in [1.165, 1.54) is 6.92 Å². The molecule has 0 saturated carbocycles. The molecule has 2 N–H and O–H groups in total. The highest BCUT2D eigenvalue weighted by molar-refractivity contribution is 7.88. The average Bonchev–Trinajstić information content (AvgIpc) is 2.25. The van der Waals surface area contributed by atoms with Gasteiger partial charge in [-0.15, -0.1) is 0 Å². The highest BCUT2D eigenvalue weighted by Gasteiger charge is 2.15. The van der Waals surface area contributed by atoms with E-state index in [4.69, 9.17) is 0 Å². The summed E-state index contributed by atoms with van der Waals surface area (Å²) in [5.74, 6) is -0.223. The van der Waals surface area contributed by atoms with Gasteiger partial charge in [-0.3, -0.25) is 4.79 Å². The van der Waals surface area contributed by atoms with E-state index in [0.717, 1.165) is 5.56 Å². The van der Waals surface area contributed by atoms with Gasteiger partial charge < -0.3 is 5.32 Å². The van der Waals surface area contributed by atoms with Gasteiger partial charge in [0.25, 0.3) is 0 Å². The molecule has 19 heavy (non-hydrogen) atoms. The molecule has 5 nitrogen and oxygen atoms in total. The van der Waals surface area contributed by atoms with Crippen LogP contribution in [0.5, 0.6) is 0 Å². The second kappa shape index (κ2) is 6.68. The van der Waals surface area contributed by atoms with Crippen LogP contribution in [0.4, 0.5) is 0 Å². The molecule has 0 radical (unpaired) electrons. The first-order valence-electron chi connectivity index (χ1n) is 6.11. The largest absolute Gasteiger partial charge is 0.352 e. The van der Waals surface area contributed by atoms with E-state index in [1.54, 1.807) is 26.0 Å². The molecule has 1 aromatic rings. The highest BCUT2D eigenvalue weighted by Crippen LogP contribution is 2.12. The topological polar surface area (TPSA) is 75.3 Å². The maximum Gasteiger partial charge on any atom is 0.217 e. The monoisotopic (exact) mass is 284 g/mol. The van der Waals surface area contributed by atoms with E-state index in [-0.39, 0.29) is 17.7 Å². The Morgan fingerprint density at radius 1 is 1.21 bits per heavy atom. The van der Waals surface area contributed by atoms with Crippen molar-refractivity contribution >= 4 is 15.9 Å². The Morgan fingerprint density at radius 2 is 1.79 bits per heavy atom. The van der Waals surface area contributed by atoms with E-state index in [9.17, 15) is 13.2 Å². The molecule has 0 saturated heterocycles. The first-order valence-corrected chi connectivity index (χ1v) is 7.76. The summed E-state index contributed by atoms with van der Waals surface area (Å²) in [4.78, 5) is 10.9. The second-order valence-electron chi connectivity index (χ2n) is 4.71. The van der Waals surface area contributed by atoms with E-state index in [1.807, 2.05) is 12.1 Å². The van der Waals surface area contributed by atoms with Gasteiger partial charge in [0.05, 0.1) is 5.75 Å². The molecule has 6 heteroatoms. The number of rotatable bonds is 6. The van der Waals surface area contributed by atoms with Gasteiger partial charge in [0, 0.05) is 19.5 Å². The van der Waals surface area contributed by atoms with Crippen LogP contribution in [-0.2, 0) is 27.1 Å². The summed E-state index contributed by atoms with van der Waals surface area (Å²) in [6, 6.07) is 7.06. The Bertz CT molecular complexity index is 539. The predicted octanol–water partition coefficient (Wildman–Crippen LogP) is 1.15. The lowest BCUT2D eigenvalue weighted by Crippen LogP contribution is -2.31. The lowest BCUT2D eigenvalue weighted by molar-refractivity contribution is -0.119. The summed E-state index contributed by atoms with van der Waals surface area (Å²) in [7, 11) is -3.36. The molecule has 0 spiro atoms. The minimum atomic E-state index is -3.36. The van der Waals surface area contributed by atoms with Gasteiger partial charge in [0.1, 0.15) is 0 Å². The van der Waals surface area contributed by atoms with Crippen molar-refractivity contribution in [1.29, 1.82) is 0 Å². The number of benzene rings is 1. The van der Waals surface area contributed by atoms with Crippen LogP contribution in [0.1, 0.15) is 31.9 Å². The second-order valence-corrected chi connectivity index (χ2v) is 6.46. The maximum atomic E-state index is 11.9. The van der Waals surface area contributed by atoms with Crippen molar-refractivity contribution in [2.45, 2.75) is 39.1 Å². The van der Waals surface area contributed by atoms with E-state index >= 15 is 0 Å². The Hall–Kier alpha value is -1.40. The Kier molecular flexibility index (Phi) is 5.50. The van der Waals surface area contributed by atoms with Crippen molar-refractivity contribution in [3.63, 3.8) is 0 Å². The number of sulfonamides is 1. The molecule has 106 valence electrons. The van der Waals surface area contributed by atoms with Gasteiger partial charge in [-0.25, -0.2) is 13.1 Å². The zero-order chi connectivity index (χ0) is 14.5. The Morgan fingerprint density at radius 3 is 2.32 bits per heavy atom. The molecule has 1 amide bonds. The number of hydrogen-bond acceptors (Lipinski definition) is 3. The van der Waals surface area contributed by atoms with E-state index < -0.39 is 10.0 Å². The van der Waals surface area contributed by atoms with Crippen molar-refractivity contribution in [2.75, 3.05) is 0 Å². The zero-order valence-electron chi connectivity index (χ0n) is 11.4. The predicted molar refractivity (Wildman–Crippen MR) is 74.9 cm³/mol. The van der Waals surface area contributed by atoms with Crippen LogP contribution in [0.25, 0.3) is 0 Å². The van der Waals surface area contributed by atoms with Gasteiger partial charge in [-0.05, 0) is 25.0 Å². The SMILES string of the molecule is CC(=O)NCc1ccccc1CS(=O)(=O)NC(C)C. The molecule has 0 aliphatic carbocycles. The molecular weight excluding hydrogens is 264 g/mol. The van der Waals surface area contributed by atoms with Crippen molar-refractivity contribution in [3.05, 3.63) is 35.4 Å². The fourth-order valence-electron chi connectivity index (χ4n) is 1.70. The van der Waals surface area contributed by atoms with Gasteiger partial charge >= 0.3 is 0 Å². The Labute approximate surface area is 114 Å².